The molecule has 1 fully saturated rings. The fourth-order valence-corrected chi connectivity index (χ4v) is 4.18. The monoisotopic (exact) mass is 416 g/mol. The number of nitrogens with one attached hydrogen (secondary N) is 2. The second kappa shape index (κ2) is 9.34. The van der Waals surface area contributed by atoms with Gasteiger partial charge in [-0.25, -0.2) is 8.78 Å². The van der Waals surface area contributed by atoms with E-state index in [2.05, 4.69) is 10.6 Å². The third-order valence-electron chi connectivity index (χ3n) is 5.85. The molecule has 7 heteroatoms. The van der Waals surface area contributed by atoms with Crippen molar-refractivity contribution in [2.75, 3.05) is 6.54 Å². The zero-order valence-electron chi connectivity index (χ0n) is 16.8. The molecule has 160 valence electrons. The molecule has 1 aliphatic carbocycles. The first-order valence-electron chi connectivity index (χ1n) is 10.0. The van der Waals surface area contributed by atoms with Gasteiger partial charge in [-0.05, 0) is 49.4 Å². The summed E-state index contributed by atoms with van der Waals surface area (Å²) in [5, 5.41) is 16.1. The van der Waals surface area contributed by atoms with E-state index in [1.807, 2.05) is 30.3 Å². The van der Waals surface area contributed by atoms with Gasteiger partial charge in [-0.1, -0.05) is 30.3 Å². The highest BCUT2D eigenvalue weighted by molar-refractivity contribution is 5.94. The smallest absolute Gasteiger partial charge is 0.254 e. The van der Waals surface area contributed by atoms with E-state index < -0.39 is 29.1 Å². The summed E-state index contributed by atoms with van der Waals surface area (Å²) in [6.45, 7) is 1.61. The predicted molar refractivity (Wildman–Crippen MR) is 109 cm³/mol. The summed E-state index contributed by atoms with van der Waals surface area (Å²) in [6.07, 6.45) is 1.44. The molecule has 0 aromatic heterocycles. The van der Waals surface area contributed by atoms with Crippen molar-refractivity contribution in [3.05, 3.63) is 71.3 Å². The number of aliphatic hydroxyl groups is 1. The molecule has 3 atom stereocenters. The number of benzene rings is 2. The van der Waals surface area contributed by atoms with Crippen molar-refractivity contribution < 1.29 is 23.5 Å². The van der Waals surface area contributed by atoms with Crippen LogP contribution in [0.3, 0.4) is 0 Å². The molecule has 0 aliphatic heterocycles. The normalized spacial score (nSPS) is 24.0. The Morgan fingerprint density at radius 3 is 2.50 bits per heavy atom. The van der Waals surface area contributed by atoms with Crippen LogP contribution in [0.5, 0.6) is 0 Å². The predicted octanol–water partition coefficient (Wildman–Crippen LogP) is 3.07. The number of hydrogen-bond donors (Lipinski definition) is 3. The lowest BCUT2D eigenvalue weighted by atomic mass is 9.74. The summed E-state index contributed by atoms with van der Waals surface area (Å²) in [5.41, 5.74) is 0.137. The molecule has 0 unspecified atom stereocenters. The SMILES string of the molecule is CC(=O)N[C@H]1CC[C@](CNC(=O)c2cc(F)ccc2F)(c2ccccc2)CC[C@@H]1O. The lowest BCUT2D eigenvalue weighted by molar-refractivity contribution is -0.120. The van der Waals surface area contributed by atoms with E-state index in [0.29, 0.717) is 25.7 Å². The Hall–Kier alpha value is -2.80. The minimum Gasteiger partial charge on any atom is -0.391 e. The van der Waals surface area contributed by atoms with Crippen molar-refractivity contribution in [2.24, 2.45) is 0 Å². The molecular formula is C23H26F2N2O3. The van der Waals surface area contributed by atoms with Gasteiger partial charge >= 0.3 is 0 Å². The molecule has 2 amide bonds. The van der Waals surface area contributed by atoms with Crippen LogP contribution in [0, 0.1) is 11.6 Å². The lowest BCUT2D eigenvalue weighted by Crippen LogP contribution is -2.42. The van der Waals surface area contributed by atoms with Gasteiger partial charge in [0.05, 0.1) is 17.7 Å². The molecule has 30 heavy (non-hydrogen) atoms. The van der Waals surface area contributed by atoms with Crippen LogP contribution in [-0.4, -0.2) is 35.6 Å². The number of aliphatic hydroxyl groups excluding tert-OH is 1. The first-order chi connectivity index (χ1) is 14.3. The van der Waals surface area contributed by atoms with Crippen molar-refractivity contribution in [2.45, 2.75) is 50.2 Å². The van der Waals surface area contributed by atoms with Gasteiger partial charge in [0.25, 0.3) is 5.91 Å². The molecule has 0 spiro atoms. The summed E-state index contributed by atoms with van der Waals surface area (Å²) >= 11 is 0. The Morgan fingerprint density at radius 2 is 1.80 bits per heavy atom. The summed E-state index contributed by atoms with van der Waals surface area (Å²) in [6, 6.07) is 12.0. The van der Waals surface area contributed by atoms with E-state index in [0.717, 1.165) is 23.8 Å². The van der Waals surface area contributed by atoms with Crippen molar-refractivity contribution >= 4 is 11.8 Å². The van der Waals surface area contributed by atoms with Crippen LogP contribution >= 0.6 is 0 Å². The average Bonchev–Trinajstić information content (AvgIpc) is 2.89. The molecule has 3 N–H and O–H groups in total. The molecule has 0 saturated heterocycles. The first-order valence-corrected chi connectivity index (χ1v) is 10.0. The minimum absolute atomic E-state index is 0.200. The van der Waals surface area contributed by atoms with Gasteiger partial charge in [0.1, 0.15) is 11.6 Å². The maximum Gasteiger partial charge on any atom is 0.254 e. The van der Waals surface area contributed by atoms with Gasteiger partial charge in [-0.3, -0.25) is 9.59 Å². The topological polar surface area (TPSA) is 78.4 Å². The van der Waals surface area contributed by atoms with E-state index in [1.165, 1.54) is 6.92 Å². The number of carbonyl (C=O) groups is 2. The third-order valence-corrected chi connectivity index (χ3v) is 5.85. The average molecular weight is 416 g/mol. The Morgan fingerprint density at radius 1 is 1.10 bits per heavy atom. The third kappa shape index (κ3) is 5.02. The standard InChI is InChI=1S/C23H26F2N2O3/c1-15(28)27-20-9-11-23(12-10-21(20)29,16-5-3-2-4-6-16)14-26-22(30)18-13-17(24)7-8-19(18)25/h2-8,13,20-21,29H,9-12,14H2,1H3,(H,26,30)(H,27,28)/t20-,21-,23-/m0/s1. The Labute approximate surface area is 174 Å². The Balaban J connectivity index is 1.84. The van der Waals surface area contributed by atoms with Crippen LogP contribution < -0.4 is 10.6 Å². The van der Waals surface area contributed by atoms with Crippen molar-refractivity contribution in [3.63, 3.8) is 0 Å². The lowest BCUT2D eigenvalue weighted by Gasteiger charge is -2.34. The highest BCUT2D eigenvalue weighted by atomic mass is 19.1. The van der Waals surface area contributed by atoms with E-state index in [1.54, 1.807) is 0 Å². The Bertz CT molecular complexity index is 907. The fraction of sp³-hybridized carbons (Fsp3) is 0.391. The Kier molecular flexibility index (Phi) is 6.82. The van der Waals surface area contributed by atoms with Gasteiger partial charge < -0.3 is 15.7 Å². The summed E-state index contributed by atoms with van der Waals surface area (Å²) in [4.78, 5) is 24.1. The second-order valence-corrected chi connectivity index (χ2v) is 7.90. The van der Waals surface area contributed by atoms with E-state index >= 15 is 0 Å². The summed E-state index contributed by atoms with van der Waals surface area (Å²) in [7, 11) is 0. The van der Waals surface area contributed by atoms with Crippen LogP contribution in [0.15, 0.2) is 48.5 Å². The van der Waals surface area contributed by atoms with Gasteiger partial charge in [0.15, 0.2) is 0 Å². The molecule has 3 rings (SSSR count). The van der Waals surface area contributed by atoms with Gasteiger partial charge in [-0.2, -0.15) is 0 Å². The minimum atomic E-state index is -0.787. The van der Waals surface area contributed by atoms with E-state index in [4.69, 9.17) is 0 Å². The quantitative estimate of drug-likeness (QED) is 0.656. The number of hydrogen-bond acceptors (Lipinski definition) is 3. The maximum absolute atomic E-state index is 14.0. The van der Waals surface area contributed by atoms with Crippen molar-refractivity contribution in [1.29, 1.82) is 0 Å². The van der Waals surface area contributed by atoms with Gasteiger partial charge in [0, 0.05) is 18.9 Å². The molecule has 1 aliphatic rings. The molecule has 2 aromatic rings. The van der Waals surface area contributed by atoms with Crippen molar-refractivity contribution in [1.82, 2.24) is 10.6 Å². The number of halogens is 2. The number of rotatable bonds is 5. The van der Waals surface area contributed by atoms with Crippen LogP contribution in [0.1, 0.15) is 48.5 Å². The number of amides is 2. The van der Waals surface area contributed by atoms with Gasteiger partial charge in [-0.15, -0.1) is 0 Å². The van der Waals surface area contributed by atoms with Crippen LogP contribution in [0.2, 0.25) is 0 Å². The molecule has 0 radical (unpaired) electrons. The zero-order valence-corrected chi connectivity index (χ0v) is 16.8. The van der Waals surface area contributed by atoms with Crippen LogP contribution in [0.25, 0.3) is 0 Å². The highest BCUT2D eigenvalue weighted by Gasteiger charge is 2.38. The first kappa shape index (κ1) is 21.9. The molecule has 0 heterocycles. The maximum atomic E-state index is 14.0. The van der Waals surface area contributed by atoms with Crippen LogP contribution in [0.4, 0.5) is 8.78 Å². The molecular weight excluding hydrogens is 390 g/mol. The van der Waals surface area contributed by atoms with Crippen molar-refractivity contribution in [3.8, 4) is 0 Å². The zero-order chi connectivity index (χ0) is 21.7. The highest BCUT2D eigenvalue weighted by Crippen LogP contribution is 2.38. The largest absolute Gasteiger partial charge is 0.391 e. The van der Waals surface area contributed by atoms with E-state index in [9.17, 15) is 23.5 Å². The molecule has 0 bridgehead atoms. The summed E-state index contributed by atoms with van der Waals surface area (Å²) < 4.78 is 27.5. The number of carbonyl (C=O) groups excluding carboxylic acids is 2. The second-order valence-electron chi connectivity index (χ2n) is 7.90. The molecule has 1 saturated carbocycles. The van der Waals surface area contributed by atoms with E-state index in [-0.39, 0.29) is 24.1 Å². The van der Waals surface area contributed by atoms with Gasteiger partial charge in [0.2, 0.25) is 5.91 Å². The van der Waals surface area contributed by atoms with Crippen LogP contribution in [-0.2, 0) is 10.2 Å². The fourth-order valence-electron chi connectivity index (χ4n) is 4.18. The molecule has 2 aromatic carbocycles. The molecule has 5 nitrogen and oxygen atoms in total. The summed E-state index contributed by atoms with van der Waals surface area (Å²) in [5.74, 6) is -2.37.